The zero-order chi connectivity index (χ0) is 20.6. The number of para-hydroxylation sites is 1. The highest BCUT2D eigenvalue weighted by Gasteiger charge is 2.13. The number of anilines is 2. The number of nitrogens with zero attached hydrogens (tertiary/aromatic N) is 1. The quantitative estimate of drug-likeness (QED) is 0.296. The fourth-order valence-electron chi connectivity index (χ4n) is 2.53. The number of aromatic hydroxyl groups is 1. The molecule has 3 rings (SSSR count). The number of hydrogen-bond donors (Lipinski definition) is 3. The van der Waals surface area contributed by atoms with Crippen LogP contribution in [0.5, 0.6) is 5.75 Å². The van der Waals surface area contributed by atoms with E-state index in [1.54, 1.807) is 18.2 Å². The molecule has 5 nitrogen and oxygen atoms in total. The fourth-order valence-corrected chi connectivity index (χ4v) is 3.45. The number of phenols is 1. The number of nitrogens with one attached hydrogen (secondary N) is 2. The third kappa shape index (κ3) is 5.41. The Balaban J connectivity index is 1.75. The first-order valence-electron chi connectivity index (χ1n) is 8.86. The van der Waals surface area contributed by atoms with E-state index in [9.17, 15) is 15.2 Å². The van der Waals surface area contributed by atoms with Crippen molar-refractivity contribution in [3.8, 4) is 11.8 Å². The summed E-state index contributed by atoms with van der Waals surface area (Å²) in [6.45, 7) is 1.86. The van der Waals surface area contributed by atoms with Gasteiger partial charge in [0, 0.05) is 16.0 Å². The van der Waals surface area contributed by atoms with Gasteiger partial charge in [-0.2, -0.15) is 5.26 Å². The summed E-state index contributed by atoms with van der Waals surface area (Å²) in [5.74, 6) is -0.490. The molecule has 0 aliphatic heterocycles. The Morgan fingerprint density at radius 1 is 1.03 bits per heavy atom. The van der Waals surface area contributed by atoms with Crippen molar-refractivity contribution in [3.63, 3.8) is 0 Å². The standard InChI is InChI=1S/C23H19N3O2S/c1-16-11-12-19(21(27)13-16)25-15-17(14-24)23(28)26-20-9-5-6-10-22(20)29-18-7-3-2-4-8-18/h2-13,15,25,27H,1H3,(H,26,28)/b17-15-. The van der Waals surface area contributed by atoms with Crippen LogP contribution in [0.25, 0.3) is 0 Å². The van der Waals surface area contributed by atoms with E-state index in [1.807, 2.05) is 67.6 Å². The predicted molar refractivity (Wildman–Crippen MR) is 116 cm³/mol. The lowest BCUT2D eigenvalue weighted by molar-refractivity contribution is -0.112. The summed E-state index contributed by atoms with van der Waals surface area (Å²) in [4.78, 5) is 14.5. The molecule has 0 aromatic heterocycles. The number of phenolic OH excluding ortho intramolecular Hbond substituents is 1. The molecule has 29 heavy (non-hydrogen) atoms. The Bertz CT molecular complexity index is 1090. The minimum absolute atomic E-state index is 0.0450. The zero-order valence-corrected chi connectivity index (χ0v) is 16.5. The van der Waals surface area contributed by atoms with E-state index in [-0.39, 0.29) is 11.3 Å². The van der Waals surface area contributed by atoms with Crippen molar-refractivity contribution in [2.75, 3.05) is 10.6 Å². The number of carbonyl (C=O) groups excluding carboxylic acids is 1. The summed E-state index contributed by atoms with van der Waals surface area (Å²) in [7, 11) is 0. The van der Waals surface area contributed by atoms with Crippen molar-refractivity contribution in [1.82, 2.24) is 0 Å². The number of aryl methyl sites for hydroxylation is 1. The molecule has 3 aromatic carbocycles. The normalized spacial score (nSPS) is 10.8. The molecule has 0 saturated heterocycles. The summed E-state index contributed by atoms with van der Waals surface area (Å²) < 4.78 is 0. The van der Waals surface area contributed by atoms with Crippen molar-refractivity contribution >= 4 is 29.0 Å². The van der Waals surface area contributed by atoms with Gasteiger partial charge in [0.1, 0.15) is 17.4 Å². The molecule has 3 N–H and O–H groups in total. The predicted octanol–water partition coefficient (Wildman–Crippen LogP) is 5.31. The lowest BCUT2D eigenvalue weighted by Gasteiger charge is -2.11. The highest BCUT2D eigenvalue weighted by atomic mass is 32.2. The molecule has 0 spiro atoms. The topological polar surface area (TPSA) is 85.2 Å². The molecule has 0 radical (unpaired) electrons. The van der Waals surface area contributed by atoms with E-state index in [0.717, 1.165) is 15.4 Å². The van der Waals surface area contributed by atoms with Gasteiger partial charge in [-0.15, -0.1) is 0 Å². The lowest BCUT2D eigenvalue weighted by Crippen LogP contribution is -2.15. The fraction of sp³-hybridized carbons (Fsp3) is 0.0435. The molecular weight excluding hydrogens is 382 g/mol. The molecule has 0 saturated carbocycles. The van der Waals surface area contributed by atoms with Crippen LogP contribution in [0, 0.1) is 18.3 Å². The number of carbonyl (C=O) groups is 1. The van der Waals surface area contributed by atoms with E-state index < -0.39 is 5.91 Å². The number of hydrogen-bond acceptors (Lipinski definition) is 5. The van der Waals surface area contributed by atoms with Gasteiger partial charge >= 0.3 is 0 Å². The maximum Gasteiger partial charge on any atom is 0.267 e. The second-order valence-electron chi connectivity index (χ2n) is 6.20. The van der Waals surface area contributed by atoms with Gasteiger partial charge in [0.25, 0.3) is 5.91 Å². The molecular formula is C23H19N3O2S. The first kappa shape index (κ1) is 20.1. The number of benzene rings is 3. The number of amides is 1. The Morgan fingerprint density at radius 3 is 2.48 bits per heavy atom. The molecule has 6 heteroatoms. The first-order valence-corrected chi connectivity index (χ1v) is 9.68. The van der Waals surface area contributed by atoms with Crippen LogP contribution < -0.4 is 10.6 Å². The van der Waals surface area contributed by atoms with E-state index in [0.29, 0.717) is 11.4 Å². The van der Waals surface area contributed by atoms with Crippen LogP contribution in [0.4, 0.5) is 11.4 Å². The van der Waals surface area contributed by atoms with Crippen molar-refractivity contribution < 1.29 is 9.90 Å². The third-order valence-electron chi connectivity index (χ3n) is 4.00. The van der Waals surface area contributed by atoms with Gasteiger partial charge in [-0.25, -0.2) is 0 Å². The molecule has 0 unspecified atom stereocenters. The second kappa shape index (κ2) is 9.49. The van der Waals surface area contributed by atoms with E-state index in [4.69, 9.17) is 0 Å². The van der Waals surface area contributed by atoms with Crippen LogP contribution in [-0.4, -0.2) is 11.0 Å². The molecule has 0 aliphatic rings. The van der Waals surface area contributed by atoms with Crippen molar-refractivity contribution in [1.29, 1.82) is 5.26 Å². The number of nitriles is 1. The third-order valence-corrected chi connectivity index (χ3v) is 5.08. The van der Waals surface area contributed by atoms with Crippen LogP contribution >= 0.6 is 11.8 Å². The summed E-state index contributed by atoms with van der Waals surface area (Å²) in [5.41, 5.74) is 1.83. The smallest absolute Gasteiger partial charge is 0.267 e. The molecule has 3 aromatic rings. The Morgan fingerprint density at radius 2 is 1.76 bits per heavy atom. The van der Waals surface area contributed by atoms with E-state index in [2.05, 4.69) is 10.6 Å². The minimum Gasteiger partial charge on any atom is -0.506 e. The highest BCUT2D eigenvalue weighted by Crippen LogP contribution is 2.33. The van der Waals surface area contributed by atoms with Crippen molar-refractivity contribution in [2.24, 2.45) is 0 Å². The SMILES string of the molecule is Cc1ccc(N/C=C(/C#N)C(=O)Nc2ccccc2Sc2ccccc2)c(O)c1. The van der Waals surface area contributed by atoms with Gasteiger partial charge in [0.05, 0.1) is 11.4 Å². The van der Waals surface area contributed by atoms with E-state index in [1.165, 1.54) is 18.0 Å². The van der Waals surface area contributed by atoms with Gasteiger partial charge in [0.2, 0.25) is 0 Å². The van der Waals surface area contributed by atoms with Crippen LogP contribution in [0.3, 0.4) is 0 Å². The van der Waals surface area contributed by atoms with Crippen molar-refractivity contribution in [3.05, 3.63) is 90.1 Å². The van der Waals surface area contributed by atoms with Gasteiger partial charge in [-0.3, -0.25) is 4.79 Å². The Kier molecular flexibility index (Phi) is 6.56. The molecule has 1 amide bonds. The largest absolute Gasteiger partial charge is 0.506 e. The van der Waals surface area contributed by atoms with Crippen LogP contribution in [0.1, 0.15) is 5.56 Å². The monoisotopic (exact) mass is 401 g/mol. The van der Waals surface area contributed by atoms with Gasteiger partial charge < -0.3 is 15.7 Å². The van der Waals surface area contributed by atoms with E-state index >= 15 is 0 Å². The average molecular weight is 401 g/mol. The van der Waals surface area contributed by atoms with Gasteiger partial charge in [-0.1, -0.05) is 48.2 Å². The maximum absolute atomic E-state index is 12.6. The molecule has 0 fully saturated rings. The lowest BCUT2D eigenvalue weighted by atomic mass is 10.2. The van der Waals surface area contributed by atoms with Crippen LogP contribution in [0.2, 0.25) is 0 Å². The average Bonchev–Trinajstić information content (AvgIpc) is 2.72. The highest BCUT2D eigenvalue weighted by molar-refractivity contribution is 7.99. The summed E-state index contributed by atoms with van der Waals surface area (Å²) in [6.07, 6.45) is 1.28. The molecule has 0 aliphatic carbocycles. The summed E-state index contributed by atoms with van der Waals surface area (Å²) >= 11 is 1.52. The Labute approximate surface area is 173 Å². The molecule has 0 heterocycles. The molecule has 0 bridgehead atoms. The zero-order valence-electron chi connectivity index (χ0n) is 15.7. The summed E-state index contributed by atoms with van der Waals surface area (Å²) in [6, 6.07) is 24.2. The van der Waals surface area contributed by atoms with Crippen LogP contribution in [0.15, 0.2) is 94.4 Å². The molecule has 144 valence electrons. The van der Waals surface area contributed by atoms with Gasteiger partial charge in [-0.05, 0) is 48.9 Å². The first-order chi connectivity index (χ1) is 14.1. The minimum atomic E-state index is -0.535. The number of rotatable bonds is 6. The summed E-state index contributed by atoms with van der Waals surface area (Å²) in [5, 5.41) is 24.9. The van der Waals surface area contributed by atoms with Crippen molar-refractivity contribution in [2.45, 2.75) is 16.7 Å². The second-order valence-corrected chi connectivity index (χ2v) is 7.32. The maximum atomic E-state index is 12.6. The van der Waals surface area contributed by atoms with Crippen LogP contribution in [-0.2, 0) is 4.79 Å². The molecule has 0 atom stereocenters. The van der Waals surface area contributed by atoms with Gasteiger partial charge in [0.15, 0.2) is 0 Å². The Hall–Kier alpha value is -3.69.